The first kappa shape index (κ1) is 87.6. The number of aliphatic carboxylic acids is 1. The van der Waals surface area contributed by atoms with Gasteiger partial charge in [0.25, 0.3) is 0 Å². The molecule has 35 heteroatoms. The van der Waals surface area contributed by atoms with Gasteiger partial charge in [-0.3, -0.25) is 28.8 Å². The van der Waals surface area contributed by atoms with Gasteiger partial charge in [0.2, 0.25) is 29.0 Å². The van der Waals surface area contributed by atoms with Crippen molar-refractivity contribution in [2.75, 3.05) is 61.1 Å². The second-order valence-electron chi connectivity index (χ2n) is 26.8. The summed E-state index contributed by atoms with van der Waals surface area (Å²) in [5.41, 5.74) is 4.56. The van der Waals surface area contributed by atoms with E-state index >= 15 is 0 Å². The SMILES string of the molecule is CCN(C(C)=O)C1COC(OC2C(O[C@H]3C#C/C=C/C#C[C@]4(O)CC(=O)C(=NC(=O)OC)C3=C4CCSSC(C)(C)CC(=O)NN=C(C)c3ccc(OCCCC(=O)O)cc3)OC(C)C(NOC3CC(O)C(SC(=O)c4c(C)c(I)c(OC5OC(C)C(O)C(OC)C5O)c(OC)c4OC)C(C)O3)C2O)CC1OC. The van der Waals surface area contributed by atoms with Crippen LogP contribution in [0, 0.1) is 34.2 Å². The first-order valence-electron chi connectivity index (χ1n) is 34.9. The lowest BCUT2D eigenvalue weighted by molar-refractivity contribution is -0.337. The molecule has 6 aliphatic rings. The van der Waals surface area contributed by atoms with Crippen LogP contribution in [-0.4, -0.2) is 263 Å². The molecule has 4 fully saturated rings. The van der Waals surface area contributed by atoms with Crippen LogP contribution in [0.1, 0.15) is 122 Å². The molecule has 8 N–H and O–H groups in total. The number of methoxy groups -OCH3 is 5. The smallest absolute Gasteiger partial charge is 0.433 e. The third kappa shape index (κ3) is 21.8. The van der Waals surface area contributed by atoms with Crippen LogP contribution in [-0.2, 0) is 66.6 Å². The minimum absolute atomic E-state index is 0.00478. The summed E-state index contributed by atoms with van der Waals surface area (Å²) in [7, 11) is 9.30. The standard InChI is InChI=1S/C73H96IN5O26S3/c1-15-79(41(7)80)45-35-98-52(32-49(45)92-10)103-65-60(87)57(78-105-53-31-46(81)67(40(6)99-53)107-68(89)54-36(2)56(74)63(66(95-13)62(54)93-11)104-69-61(88)64(94-12)59(86)39(5)101-69)38(4)100-70(65)102-48-21-18-16-17-19-28-73(91)33-47(82)58(75-71(90)96-14)55(48)44(73)27-30-106-108-72(8,9)34-50(83)77-76-37(3)42-23-25-43(26-24-42)97-29-20-22-51(84)85/h16-17,23-26,38-40,45-46,48-49,52-53,57,59-61,64-65,67,69-70,78,81,86-88,91H,15,20,22,27,29-35H2,1-14H3,(H,77,83)(H,84,85)/b17-16+,75-58?,76-37?/t38?,39?,40?,45?,46?,48-,49?,52?,53?,57?,59?,60?,61?,64?,65?,67?,69?,70?,73-/m0/s1. The zero-order valence-electron chi connectivity index (χ0n) is 62.4. The molecule has 2 bridgehead atoms. The number of hydrogen-bond acceptors (Lipinski definition) is 30. The van der Waals surface area contributed by atoms with E-state index in [4.69, 9.17) is 71.5 Å². The van der Waals surface area contributed by atoms with Crippen LogP contribution < -0.4 is 29.9 Å². The summed E-state index contributed by atoms with van der Waals surface area (Å²) in [5.74, 6) is 10.0. The summed E-state index contributed by atoms with van der Waals surface area (Å²) in [4.78, 5) is 91.3. The Hall–Kier alpha value is -6.02. The minimum atomic E-state index is -2.20. The molecule has 17 unspecified atom stereocenters. The van der Waals surface area contributed by atoms with Crippen LogP contribution in [0.3, 0.4) is 0 Å². The number of aliphatic hydroxyl groups excluding tert-OH is 4. The maximum atomic E-state index is 14.6. The molecule has 4 heterocycles. The fourth-order valence-electron chi connectivity index (χ4n) is 13.1. The maximum absolute atomic E-state index is 14.6. The molecule has 2 aromatic carbocycles. The molecular formula is C73H96IN5O26S3. The number of nitrogens with one attached hydrogen (secondary N) is 2. The van der Waals surface area contributed by atoms with Crippen molar-refractivity contribution < 1.29 is 126 Å². The second-order valence-corrected chi connectivity index (χ2v) is 32.1. The van der Waals surface area contributed by atoms with E-state index in [1.54, 1.807) is 63.8 Å². The van der Waals surface area contributed by atoms with Crippen LogP contribution in [0.2, 0.25) is 0 Å². The fraction of sp³-hybridized carbons (Fsp3) is 0.616. The number of carboxylic acids is 1. The van der Waals surface area contributed by atoms with Crippen molar-refractivity contribution in [3.05, 3.63) is 67.8 Å². The Morgan fingerprint density at radius 3 is 2.20 bits per heavy atom. The largest absolute Gasteiger partial charge is 0.494 e. The van der Waals surface area contributed by atoms with Crippen molar-refractivity contribution in [3.63, 3.8) is 0 Å². The number of allylic oxidation sites excluding steroid dienone is 2. The van der Waals surface area contributed by atoms with E-state index in [0.29, 0.717) is 39.1 Å². The van der Waals surface area contributed by atoms with Gasteiger partial charge in [-0.2, -0.15) is 15.6 Å². The number of hydroxylamine groups is 1. The number of halogens is 1. The van der Waals surface area contributed by atoms with Gasteiger partial charge in [-0.25, -0.2) is 10.2 Å². The summed E-state index contributed by atoms with van der Waals surface area (Å²) in [6.45, 7) is 15.8. The zero-order chi connectivity index (χ0) is 79.1. The van der Waals surface area contributed by atoms with Crippen LogP contribution in [0.4, 0.5) is 4.79 Å². The molecule has 19 atom stereocenters. The molecule has 31 nitrogen and oxygen atoms in total. The minimum Gasteiger partial charge on any atom is -0.494 e. The third-order valence-electron chi connectivity index (χ3n) is 18.7. The number of amides is 3. The molecule has 3 amide bonds. The van der Waals surface area contributed by atoms with Gasteiger partial charge < -0.3 is 97.1 Å². The van der Waals surface area contributed by atoms with Crippen molar-refractivity contribution >= 4 is 102 Å². The second kappa shape index (κ2) is 39.9. The van der Waals surface area contributed by atoms with Crippen molar-refractivity contribution in [2.45, 2.75) is 227 Å². The topological polar surface area (TPSA) is 405 Å². The number of carbonyl (C=O) groups excluding carboxylic acids is 5. The maximum Gasteiger partial charge on any atom is 0.433 e. The van der Waals surface area contributed by atoms with Crippen molar-refractivity contribution in [3.8, 4) is 46.7 Å². The third-order valence-corrected chi connectivity index (χ3v) is 24.7. The van der Waals surface area contributed by atoms with Crippen molar-refractivity contribution in [2.24, 2.45) is 10.1 Å². The van der Waals surface area contributed by atoms with Gasteiger partial charge in [0.05, 0.1) is 104 Å². The molecular weight excluding hydrogens is 1590 g/mol. The number of aliphatic hydroxyl groups is 5. The number of fused-ring (bicyclic) bond motifs is 1. The van der Waals surface area contributed by atoms with E-state index in [9.17, 15) is 54.3 Å². The molecule has 4 saturated heterocycles. The molecule has 0 aromatic heterocycles. The molecule has 0 saturated carbocycles. The van der Waals surface area contributed by atoms with Gasteiger partial charge in [-0.05, 0) is 144 Å². The molecule has 108 heavy (non-hydrogen) atoms. The highest BCUT2D eigenvalue weighted by atomic mass is 127. The average molecular weight is 1680 g/mol. The molecule has 2 aromatic rings. The van der Waals surface area contributed by atoms with Gasteiger partial charge in [-0.1, -0.05) is 57.0 Å². The Balaban J connectivity index is 1.02. The Kier molecular flexibility index (Phi) is 32.4. The molecule has 0 spiro atoms. The molecule has 8 rings (SSSR count). The number of ether oxygens (including phenoxy) is 13. The number of carboxylic acid groups (broad SMARTS) is 1. The fourth-order valence-corrected chi connectivity index (χ4v) is 17.4. The number of hydrazone groups is 1. The predicted octanol–water partition coefficient (Wildman–Crippen LogP) is 5.49. The van der Waals surface area contributed by atoms with Gasteiger partial charge >= 0.3 is 12.1 Å². The highest BCUT2D eigenvalue weighted by Gasteiger charge is 2.53. The van der Waals surface area contributed by atoms with E-state index < -0.39 is 155 Å². The predicted molar refractivity (Wildman–Crippen MR) is 404 cm³/mol. The van der Waals surface area contributed by atoms with Crippen LogP contribution in [0.15, 0.2) is 57.7 Å². The summed E-state index contributed by atoms with van der Waals surface area (Å²) in [5, 5.41) is 70.9. The highest BCUT2D eigenvalue weighted by molar-refractivity contribution is 14.1. The molecule has 0 radical (unpaired) electrons. The number of thioether (sulfide) groups is 1. The number of Topliss-reactive ketones (excluding diaryl/α,β-unsaturated/α-hetero) is 1. The normalized spacial score (nSPS) is 30.7. The van der Waals surface area contributed by atoms with Gasteiger partial charge in [0, 0.05) is 69.4 Å². The molecule has 4 aliphatic heterocycles. The Morgan fingerprint density at radius 1 is 0.852 bits per heavy atom. The highest BCUT2D eigenvalue weighted by Crippen LogP contribution is 2.49. The van der Waals surface area contributed by atoms with E-state index in [0.717, 1.165) is 18.9 Å². The van der Waals surface area contributed by atoms with E-state index in [2.05, 4.69) is 44.7 Å². The van der Waals surface area contributed by atoms with Gasteiger partial charge in [0.15, 0.2) is 41.8 Å². The lowest BCUT2D eigenvalue weighted by Crippen LogP contribution is -2.65. The number of likely N-dealkylation sites (N-methyl/N-ethyl adjacent to an activating group) is 1. The lowest BCUT2D eigenvalue weighted by Gasteiger charge is -2.47. The number of benzene rings is 2. The van der Waals surface area contributed by atoms with E-state index in [-0.39, 0.29) is 96.8 Å². The quantitative estimate of drug-likeness (QED) is 0.0115. The molecule has 594 valence electrons. The lowest BCUT2D eigenvalue weighted by atomic mass is 9.74. The molecule has 2 aliphatic carbocycles. The number of carbonyl (C=O) groups is 6. The Bertz CT molecular complexity index is 3790. The monoisotopic (exact) mass is 1680 g/mol. The summed E-state index contributed by atoms with van der Waals surface area (Å²) >= 11 is 2.78. The van der Waals surface area contributed by atoms with Crippen molar-refractivity contribution in [1.29, 1.82) is 0 Å². The summed E-state index contributed by atoms with van der Waals surface area (Å²) in [6, 6.07) is 5.25. The van der Waals surface area contributed by atoms with Gasteiger partial charge in [0.1, 0.15) is 48.1 Å². The average Bonchev–Trinajstić information content (AvgIpc) is 0.755. The zero-order valence-corrected chi connectivity index (χ0v) is 67.0. The first-order valence-corrected chi connectivity index (χ1v) is 39.2. The number of nitrogens with zero attached hydrogens (tertiary/aromatic N) is 3. The number of aliphatic imine (C=N–C) groups is 1. The first-order chi connectivity index (χ1) is 51.3. The summed E-state index contributed by atoms with van der Waals surface area (Å²) in [6.07, 6.45) is -17.3. The Labute approximate surface area is 652 Å². The van der Waals surface area contributed by atoms with Crippen LogP contribution >= 0.6 is 55.9 Å². The van der Waals surface area contributed by atoms with Crippen molar-refractivity contribution in [1.82, 2.24) is 15.8 Å². The Morgan fingerprint density at radius 2 is 1.56 bits per heavy atom. The number of ketones is 1. The van der Waals surface area contributed by atoms with E-state index in [1.165, 1.54) is 69.1 Å². The number of rotatable bonds is 31. The number of hydrogen-bond donors (Lipinski definition) is 8. The van der Waals surface area contributed by atoms with Gasteiger partial charge in [-0.15, -0.1) is 0 Å². The van der Waals surface area contributed by atoms with Crippen LogP contribution in [0.25, 0.3) is 0 Å². The van der Waals surface area contributed by atoms with E-state index in [1.807, 2.05) is 43.4 Å². The van der Waals surface area contributed by atoms with Crippen LogP contribution in [0.5, 0.6) is 23.0 Å². The summed E-state index contributed by atoms with van der Waals surface area (Å²) < 4.78 is 78.1.